The summed E-state index contributed by atoms with van der Waals surface area (Å²) < 4.78 is 12.1. The topological polar surface area (TPSA) is 81.1 Å². The van der Waals surface area contributed by atoms with Gasteiger partial charge in [0.25, 0.3) is 0 Å². The van der Waals surface area contributed by atoms with E-state index in [4.69, 9.17) is 0 Å². The first-order valence-electron chi connectivity index (χ1n) is 25.4. The highest BCUT2D eigenvalue weighted by Gasteiger charge is 2.03. The summed E-state index contributed by atoms with van der Waals surface area (Å²) in [6.45, 7) is 50.0. The summed E-state index contributed by atoms with van der Waals surface area (Å²) >= 11 is 0. The zero-order valence-electron chi connectivity index (χ0n) is 49.0. The SMILES string of the molecule is C.C.C.CC.CC.CC.CC.CC.CC.CC(C)c1cccn1C.CC(C)c1ccn(C)c1.CC(C)c1ccn(C)n1.CC(C)c1cn(C)cn1.CC(C)c1cncn1C.CC(C)c1nccn1C. The van der Waals surface area contributed by atoms with Crippen molar-refractivity contribution >= 4 is 0 Å². The van der Waals surface area contributed by atoms with Crippen molar-refractivity contribution in [2.45, 2.75) is 224 Å². The minimum atomic E-state index is 0. The molecule has 0 bridgehead atoms. The van der Waals surface area contributed by atoms with Crippen LogP contribution in [0.15, 0.2) is 86.5 Å². The van der Waals surface area contributed by atoms with Crippen LogP contribution in [0.3, 0.4) is 0 Å². The molecule has 0 saturated heterocycles. The third-order valence-electron chi connectivity index (χ3n) is 8.56. The predicted molar refractivity (Wildman–Crippen MR) is 316 cm³/mol. The van der Waals surface area contributed by atoms with Crippen LogP contribution in [0.5, 0.6) is 0 Å². The highest BCUT2D eigenvalue weighted by atomic mass is 15.2. The van der Waals surface area contributed by atoms with Gasteiger partial charge in [-0.3, -0.25) is 4.68 Å². The molecule has 0 aliphatic heterocycles. The Kier molecular flexibility index (Phi) is 66.4. The molecule has 0 aromatic carbocycles. The van der Waals surface area contributed by atoms with E-state index >= 15 is 0 Å². The van der Waals surface area contributed by atoms with Gasteiger partial charge in [-0.2, -0.15) is 5.10 Å². The lowest BCUT2D eigenvalue weighted by molar-refractivity contribution is 0.711. The molecule has 69 heavy (non-hydrogen) atoms. The highest BCUT2D eigenvalue weighted by molar-refractivity contribution is 5.13. The van der Waals surface area contributed by atoms with Crippen molar-refractivity contribution in [1.29, 1.82) is 0 Å². The second kappa shape index (κ2) is 54.3. The number of hydrogen-bond acceptors (Lipinski definition) is 4. The van der Waals surface area contributed by atoms with E-state index in [1.807, 2.05) is 186 Å². The van der Waals surface area contributed by atoms with Crippen LogP contribution in [0.1, 0.15) is 258 Å². The van der Waals surface area contributed by atoms with Crippen LogP contribution in [0.25, 0.3) is 0 Å². The zero-order valence-corrected chi connectivity index (χ0v) is 49.0. The Bertz CT molecular complexity index is 1610. The fourth-order valence-corrected chi connectivity index (χ4v) is 5.27. The monoisotopic (exact) mass is 971 g/mol. The Morgan fingerprint density at radius 2 is 0.899 bits per heavy atom. The fraction of sp³-hybridized carbons (Fsp3) is 0.661. The lowest BCUT2D eigenvalue weighted by Crippen LogP contribution is -1.98. The molecule has 0 atom stereocenters. The van der Waals surface area contributed by atoms with Crippen LogP contribution in [-0.4, -0.2) is 47.6 Å². The number of rotatable bonds is 6. The molecule has 0 N–H and O–H groups in total. The first-order chi connectivity index (χ1) is 31.2. The van der Waals surface area contributed by atoms with Gasteiger partial charge in [0.05, 0.1) is 24.0 Å². The minimum absolute atomic E-state index is 0. The summed E-state index contributed by atoms with van der Waals surface area (Å²) in [5.74, 6) is 4.66. The van der Waals surface area contributed by atoms with Gasteiger partial charge in [-0.1, -0.05) is 188 Å². The smallest absolute Gasteiger partial charge is 0.110 e. The normalized spacial score (nSPS) is 8.87. The van der Waals surface area contributed by atoms with E-state index in [2.05, 4.69) is 156 Å². The average Bonchev–Trinajstić information content (AvgIpc) is 4.18. The van der Waals surface area contributed by atoms with Crippen LogP contribution in [0.2, 0.25) is 0 Å². The quantitative estimate of drug-likeness (QED) is 0.167. The van der Waals surface area contributed by atoms with Gasteiger partial charge >= 0.3 is 0 Å². The molecule has 6 aromatic rings. The first-order valence-corrected chi connectivity index (χ1v) is 25.4. The van der Waals surface area contributed by atoms with Crippen molar-refractivity contribution in [3.63, 3.8) is 0 Å². The van der Waals surface area contributed by atoms with Gasteiger partial charge < -0.3 is 22.8 Å². The fourth-order valence-electron chi connectivity index (χ4n) is 5.27. The Labute approximate surface area is 432 Å². The number of nitrogens with zero attached hydrogens (tertiary/aromatic N) is 10. The molecule has 10 nitrogen and oxygen atoms in total. The van der Waals surface area contributed by atoms with E-state index in [0.29, 0.717) is 35.5 Å². The van der Waals surface area contributed by atoms with Gasteiger partial charge in [0.2, 0.25) is 0 Å². The molecule has 0 fully saturated rings. The van der Waals surface area contributed by atoms with Crippen molar-refractivity contribution in [1.82, 2.24) is 47.6 Å². The molecule has 0 saturated carbocycles. The molecule has 0 spiro atoms. The molecular formula is C59H122N10. The number of imidazole rings is 3. The molecule has 6 rings (SSSR count). The van der Waals surface area contributed by atoms with Crippen molar-refractivity contribution < 1.29 is 0 Å². The van der Waals surface area contributed by atoms with Crippen LogP contribution in [0, 0.1) is 0 Å². The number of hydrogen-bond donors (Lipinski definition) is 0. The molecule has 0 aliphatic rings. The molecule has 0 aliphatic carbocycles. The van der Waals surface area contributed by atoms with Gasteiger partial charge in [-0.15, -0.1) is 0 Å². The van der Waals surface area contributed by atoms with Crippen LogP contribution >= 0.6 is 0 Å². The summed E-state index contributed by atoms with van der Waals surface area (Å²) in [4.78, 5) is 12.4. The average molecular weight is 972 g/mol. The van der Waals surface area contributed by atoms with E-state index in [1.165, 1.54) is 17.0 Å². The summed E-state index contributed by atoms with van der Waals surface area (Å²) in [6, 6.07) is 8.44. The third kappa shape index (κ3) is 40.9. The van der Waals surface area contributed by atoms with Crippen molar-refractivity contribution in [3.05, 3.63) is 121 Å². The summed E-state index contributed by atoms with van der Waals surface area (Å²) in [7, 11) is 12.1. The highest BCUT2D eigenvalue weighted by Crippen LogP contribution is 2.14. The van der Waals surface area contributed by atoms with Crippen molar-refractivity contribution in [2.75, 3.05) is 0 Å². The Hall–Kier alpha value is -4.60. The molecule has 0 unspecified atom stereocenters. The Morgan fingerprint density at radius 3 is 1.07 bits per heavy atom. The molecule has 408 valence electrons. The molecular weight excluding hydrogens is 849 g/mol. The van der Waals surface area contributed by atoms with Crippen LogP contribution in [-0.2, 0) is 42.3 Å². The standard InChI is InChI=1S/2C8H13N.4C7H12N2.6C2H6.3CH4/c1-7(2)8-4-5-9(3)6-8;1-7(2)8-5-4-6-9(8)3;1-6(2)7-4-9(3)5-8-7;1-6(2)7-4-8-5-9(7)3;1-6(2)7-8-4-5-9(7)3;1-6(2)7-4-5-9(3)8-7;6*1-2;;;/h2*4-7H,1-3H3;4*4-6H,1-3H3;6*1-2H3;3*1H4. The maximum absolute atomic E-state index is 4.23. The molecule has 0 amide bonds. The van der Waals surface area contributed by atoms with E-state index in [1.54, 1.807) is 0 Å². The maximum atomic E-state index is 4.23. The largest absolute Gasteiger partial charge is 0.357 e. The number of aromatic nitrogens is 10. The second-order valence-electron chi connectivity index (χ2n) is 15.8. The molecule has 0 radical (unpaired) electrons. The molecule has 6 aromatic heterocycles. The van der Waals surface area contributed by atoms with Crippen LogP contribution < -0.4 is 0 Å². The van der Waals surface area contributed by atoms with E-state index in [9.17, 15) is 0 Å². The Balaban J connectivity index is -0.0000000848. The molecule has 10 heteroatoms. The van der Waals surface area contributed by atoms with Gasteiger partial charge in [0.1, 0.15) is 5.82 Å². The van der Waals surface area contributed by atoms with E-state index in [0.717, 1.165) is 17.2 Å². The summed E-state index contributed by atoms with van der Waals surface area (Å²) in [6.07, 6.45) is 19.7. The van der Waals surface area contributed by atoms with Gasteiger partial charge in [0.15, 0.2) is 0 Å². The van der Waals surface area contributed by atoms with E-state index in [-0.39, 0.29) is 22.3 Å². The van der Waals surface area contributed by atoms with E-state index < -0.39 is 0 Å². The minimum Gasteiger partial charge on any atom is -0.357 e. The lowest BCUT2D eigenvalue weighted by atomic mass is 10.1. The second-order valence-corrected chi connectivity index (χ2v) is 15.8. The van der Waals surface area contributed by atoms with Crippen LogP contribution in [0.4, 0.5) is 0 Å². The lowest BCUT2D eigenvalue weighted by Gasteiger charge is -2.04. The zero-order chi connectivity index (χ0) is 53.1. The van der Waals surface area contributed by atoms with Gasteiger partial charge in [0, 0.05) is 109 Å². The Morgan fingerprint density at radius 1 is 0.406 bits per heavy atom. The number of aryl methyl sites for hydroxylation is 6. The summed E-state index contributed by atoms with van der Waals surface area (Å²) in [5.41, 5.74) is 6.43. The third-order valence-corrected chi connectivity index (χ3v) is 8.56. The first kappa shape index (κ1) is 84.3. The van der Waals surface area contributed by atoms with Gasteiger partial charge in [-0.05, 0) is 59.4 Å². The predicted octanol–water partition coefficient (Wildman–Crippen LogP) is 18.5. The molecule has 6 heterocycles. The maximum Gasteiger partial charge on any atom is 0.110 e. The van der Waals surface area contributed by atoms with Crippen molar-refractivity contribution in [2.24, 2.45) is 42.3 Å². The van der Waals surface area contributed by atoms with Crippen molar-refractivity contribution in [3.8, 4) is 0 Å². The summed E-state index contributed by atoms with van der Waals surface area (Å²) in [5, 5.41) is 4.23. The van der Waals surface area contributed by atoms with Gasteiger partial charge in [-0.25, -0.2) is 15.0 Å².